The summed E-state index contributed by atoms with van der Waals surface area (Å²) in [6, 6.07) is 0. The van der Waals surface area contributed by atoms with Crippen molar-refractivity contribution in [3.8, 4) is 0 Å². The van der Waals surface area contributed by atoms with Crippen LogP contribution >= 0.6 is 0 Å². The summed E-state index contributed by atoms with van der Waals surface area (Å²) < 4.78 is 5.62. The molecular weight excluding hydrogens is 162 g/mol. The summed E-state index contributed by atoms with van der Waals surface area (Å²) in [5.74, 6) is 0. The SMILES string of the molecule is CC1CC2(CCCCNC2)CCO1. The molecule has 0 saturated carbocycles. The van der Waals surface area contributed by atoms with Crippen LogP contribution in [0.4, 0.5) is 0 Å². The Balaban J connectivity index is 1.99. The number of nitrogens with one attached hydrogen (secondary N) is 1. The van der Waals surface area contributed by atoms with Crippen LogP contribution in [0.25, 0.3) is 0 Å². The van der Waals surface area contributed by atoms with E-state index in [1.54, 1.807) is 0 Å². The number of hydrogen-bond acceptors (Lipinski definition) is 2. The van der Waals surface area contributed by atoms with Gasteiger partial charge >= 0.3 is 0 Å². The summed E-state index contributed by atoms with van der Waals surface area (Å²) >= 11 is 0. The van der Waals surface area contributed by atoms with Crippen LogP contribution in [0.15, 0.2) is 0 Å². The van der Waals surface area contributed by atoms with E-state index in [1.807, 2.05) is 0 Å². The Morgan fingerprint density at radius 1 is 1.31 bits per heavy atom. The van der Waals surface area contributed by atoms with E-state index in [2.05, 4.69) is 12.2 Å². The van der Waals surface area contributed by atoms with Gasteiger partial charge in [-0.25, -0.2) is 0 Å². The second-order valence-electron chi connectivity index (χ2n) is 4.77. The topological polar surface area (TPSA) is 21.3 Å². The molecule has 76 valence electrons. The molecule has 1 N–H and O–H groups in total. The summed E-state index contributed by atoms with van der Waals surface area (Å²) in [5, 5.41) is 3.57. The summed E-state index contributed by atoms with van der Waals surface area (Å²) in [6.45, 7) is 5.63. The van der Waals surface area contributed by atoms with E-state index in [9.17, 15) is 0 Å². The van der Waals surface area contributed by atoms with Crippen molar-refractivity contribution in [2.75, 3.05) is 19.7 Å². The molecule has 2 heteroatoms. The van der Waals surface area contributed by atoms with Crippen LogP contribution in [0.2, 0.25) is 0 Å². The maximum absolute atomic E-state index is 5.62. The van der Waals surface area contributed by atoms with Gasteiger partial charge in [0, 0.05) is 13.2 Å². The van der Waals surface area contributed by atoms with Gasteiger partial charge in [-0.05, 0) is 44.6 Å². The van der Waals surface area contributed by atoms with E-state index in [0.717, 1.165) is 6.61 Å². The second-order valence-corrected chi connectivity index (χ2v) is 4.77. The third kappa shape index (κ3) is 2.23. The Kier molecular flexibility index (Phi) is 2.89. The number of ether oxygens (including phenoxy) is 1. The summed E-state index contributed by atoms with van der Waals surface area (Å²) in [7, 11) is 0. The highest BCUT2D eigenvalue weighted by molar-refractivity contribution is 4.88. The average Bonchev–Trinajstić information content (AvgIpc) is 2.31. The van der Waals surface area contributed by atoms with Crippen LogP contribution < -0.4 is 5.32 Å². The van der Waals surface area contributed by atoms with Crippen LogP contribution in [0.3, 0.4) is 0 Å². The van der Waals surface area contributed by atoms with Gasteiger partial charge in [0.2, 0.25) is 0 Å². The zero-order valence-corrected chi connectivity index (χ0v) is 8.64. The van der Waals surface area contributed by atoms with Crippen molar-refractivity contribution in [2.24, 2.45) is 5.41 Å². The van der Waals surface area contributed by atoms with E-state index in [1.165, 1.54) is 45.2 Å². The Labute approximate surface area is 81.0 Å². The predicted octanol–water partition coefficient (Wildman–Crippen LogP) is 1.95. The Hall–Kier alpha value is -0.0800. The molecule has 2 atom stereocenters. The maximum atomic E-state index is 5.62. The van der Waals surface area contributed by atoms with Gasteiger partial charge in [-0.3, -0.25) is 0 Å². The second kappa shape index (κ2) is 3.97. The van der Waals surface area contributed by atoms with Gasteiger partial charge in [0.15, 0.2) is 0 Å². The van der Waals surface area contributed by atoms with E-state index >= 15 is 0 Å². The molecule has 2 heterocycles. The van der Waals surface area contributed by atoms with Crippen molar-refractivity contribution in [2.45, 2.75) is 45.1 Å². The van der Waals surface area contributed by atoms with Gasteiger partial charge in [-0.1, -0.05) is 6.42 Å². The van der Waals surface area contributed by atoms with Crippen molar-refractivity contribution in [1.29, 1.82) is 0 Å². The molecule has 0 bridgehead atoms. The fourth-order valence-electron chi connectivity index (χ4n) is 2.83. The molecule has 0 aromatic carbocycles. The minimum atomic E-state index is 0.480. The lowest BCUT2D eigenvalue weighted by Gasteiger charge is -2.39. The summed E-state index contributed by atoms with van der Waals surface area (Å²) in [5.41, 5.74) is 0.578. The molecule has 2 saturated heterocycles. The number of rotatable bonds is 0. The minimum Gasteiger partial charge on any atom is -0.378 e. The van der Waals surface area contributed by atoms with E-state index in [0.29, 0.717) is 11.5 Å². The first kappa shape index (κ1) is 9.47. The molecule has 2 aliphatic heterocycles. The maximum Gasteiger partial charge on any atom is 0.0552 e. The molecule has 0 amide bonds. The largest absolute Gasteiger partial charge is 0.378 e. The van der Waals surface area contributed by atoms with E-state index in [4.69, 9.17) is 4.74 Å². The minimum absolute atomic E-state index is 0.480. The van der Waals surface area contributed by atoms with Crippen LogP contribution in [0, 0.1) is 5.41 Å². The monoisotopic (exact) mass is 183 g/mol. The van der Waals surface area contributed by atoms with Crippen LogP contribution in [0.1, 0.15) is 39.0 Å². The Bertz CT molecular complexity index is 161. The standard InChI is InChI=1S/C11H21NO/c1-10-8-11(5-7-13-10)4-2-3-6-12-9-11/h10,12H,2-9H2,1H3. The summed E-state index contributed by atoms with van der Waals surface area (Å²) in [6.07, 6.45) is 7.18. The van der Waals surface area contributed by atoms with Crippen LogP contribution in [-0.2, 0) is 4.74 Å². The van der Waals surface area contributed by atoms with Crippen LogP contribution in [0.5, 0.6) is 0 Å². The third-order valence-corrected chi connectivity index (χ3v) is 3.57. The van der Waals surface area contributed by atoms with Gasteiger partial charge in [-0.2, -0.15) is 0 Å². The Morgan fingerprint density at radius 3 is 3.08 bits per heavy atom. The predicted molar refractivity (Wildman–Crippen MR) is 53.8 cm³/mol. The molecule has 13 heavy (non-hydrogen) atoms. The quantitative estimate of drug-likeness (QED) is 0.619. The first-order chi connectivity index (χ1) is 6.31. The highest BCUT2D eigenvalue weighted by Gasteiger charge is 2.35. The molecular formula is C11H21NO. The normalized spacial score (nSPS) is 41.8. The van der Waals surface area contributed by atoms with Crippen LogP contribution in [-0.4, -0.2) is 25.8 Å². The molecule has 0 aromatic rings. The molecule has 2 aliphatic rings. The van der Waals surface area contributed by atoms with Gasteiger partial charge < -0.3 is 10.1 Å². The van der Waals surface area contributed by atoms with Gasteiger partial charge in [0.25, 0.3) is 0 Å². The highest BCUT2D eigenvalue weighted by Crippen LogP contribution is 2.38. The third-order valence-electron chi connectivity index (χ3n) is 3.57. The van der Waals surface area contributed by atoms with Crippen molar-refractivity contribution in [1.82, 2.24) is 5.32 Å². The molecule has 2 rings (SSSR count). The van der Waals surface area contributed by atoms with Crippen molar-refractivity contribution >= 4 is 0 Å². The fraction of sp³-hybridized carbons (Fsp3) is 1.00. The molecule has 2 nitrogen and oxygen atoms in total. The first-order valence-corrected chi connectivity index (χ1v) is 5.63. The molecule has 0 aliphatic carbocycles. The molecule has 2 unspecified atom stereocenters. The van der Waals surface area contributed by atoms with Gasteiger partial charge in [0.05, 0.1) is 6.10 Å². The van der Waals surface area contributed by atoms with Crippen molar-refractivity contribution in [3.63, 3.8) is 0 Å². The lowest BCUT2D eigenvalue weighted by molar-refractivity contribution is -0.0402. The first-order valence-electron chi connectivity index (χ1n) is 5.63. The fourth-order valence-corrected chi connectivity index (χ4v) is 2.83. The highest BCUT2D eigenvalue weighted by atomic mass is 16.5. The lowest BCUT2D eigenvalue weighted by Crippen LogP contribution is -2.40. The van der Waals surface area contributed by atoms with Crippen molar-refractivity contribution < 1.29 is 4.74 Å². The number of hydrogen-bond donors (Lipinski definition) is 1. The van der Waals surface area contributed by atoms with Gasteiger partial charge in [0.1, 0.15) is 0 Å². The molecule has 0 radical (unpaired) electrons. The molecule has 0 aromatic heterocycles. The van der Waals surface area contributed by atoms with Gasteiger partial charge in [-0.15, -0.1) is 0 Å². The summed E-state index contributed by atoms with van der Waals surface area (Å²) in [4.78, 5) is 0. The smallest absolute Gasteiger partial charge is 0.0552 e. The van der Waals surface area contributed by atoms with E-state index < -0.39 is 0 Å². The zero-order valence-electron chi connectivity index (χ0n) is 8.64. The lowest BCUT2D eigenvalue weighted by atomic mass is 9.75. The van der Waals surface area contributed by atoms with Crippen molar-refractivity contribution in [3.05, 3.63) is 0 Å². The molecule has 2 fully saturated rings. The molecule has 1 spiro atoms. The Morgan fingerprint density at radius 2 is 2.23 bits per heavy atom. The average molecular weight is 183 g/mol. The zero-order chi connectivity index (χ0) is 9.15. The van der Waals surface area contributed by atoms with E-state index in [-0.39, 0.29) is 0 Å².